The predicted octanol–water partition coefficient (Wildman–Crippen LogP) is 4.21. The van der Waals surface area contributed by atoms with Crippen LogP contribution in [0.5, 0.6) is 0 Å². The molecule has 1 aliphatic carbocycles. The average Bonchev–Trinajstić information content (AvgIpc) is 3.17. The van der Waals surface area contributed by atoms with Crippen molar-refractivity contribution in [2.45, 2.75) is 31.3 Å². The fourth-order valence-corrected chi connectivity index (χ4v) is 4.42. The quantitative estimate of drug-likeness (QED) is 0.620. The Bertz CT molecular complexity index is 1140. The van der Waals surface area contributed by atoms with Gasteiger partial charge in [-0.15, -0.1) is 15.3 Å². The van der Waals surface area contributed by atoms with Crippen LogP contribution in [-0.2, 0) is 4.74 Å². The molecule has 1 N–H and O–H groups in total. The van der Waals surface area contributed by atoms with Gasteiger partial charge in [-0.2, -0.15) is 5.10 Å². The molecule has 1 aromatic carbocycles. The van der Waals surface area contributed by atoms with E-state index in [2.05, 4.69) is 25.7 Å². The van der Waals surface area contributed by atoms with E-state index < -0.39 is 17.2 Å². The summed E-state index contributed by atoms with van der Waals surface area (Å²) in [6.07, 6.45) is 4.52. The van der Waals surface area contributed by atoms with Crippen molar-refractivity contribution in [1.29, 1.82) is 0 Å². The van der Waals surface area contributed by atoms with Gasteiger partial charge in [0.15, 0.2) is 5.82 Å². The molecule has 33 heavy (non-hydrogen) atoms. The highest BCUT2D eigenvalue weighted by atomic mass is 19.1. The molecule has 2 aliphatic rings. The second-order valence-corrected chi connectivity index (χ2v) is 8.47. The summed E-state index contributed by atoms with van der Waals surface area (Å²) in [5.74, 6) is 0.383. The number of rotatable bonds is 5. The molecular formula is C23H22F2N6O2. The molecule has 3 aromatic rings. The Morgan fingerprint density at radius 1 is 1.09 bits per heavy atom. The SMILES string of the molecule is O=C1OC2(CCC(CNc3ccc(-c4cc(F)ccc4F)nn3)CC2)CN1c1cccnn1. The molecule has 2 aromatic heterocycles. The Balaban J connectivity index is 1.15. The zero-order chi connectivity index (χ0) is 22.8. The van der Waals surface area contributed by atoms with Crippen molar-refractivity contribution in [3.8, 4) is 11.3 Å². The van der Waals surface area contributed by atoms with Gasteiger partial charge in [0.05, 0.1) is 12.2 Å². The van der Waals surface area contributed by atoms with Gasteiger partial charge in [0, 0.05) is 18.3 Å². The molecule has 3 heterocycles. The van der Waals surface area contributed by atoms with Gasteiger partial charge >= 0.3 is 6.09 Å². The lowest BCUT2D eigenvalue weighted by molar-refractivity contribution is 0.0148. The van der Waals surface area contributed by atoms with E-state index in [4.69, 9.17) is 4.74 Å². The molecule has 8 nitrogen and oxygen atoms in total. The van der Waals surface area contributed by atoms with Crippen molar-refractivity contribution in [3.05, 3.63) is 60.3 Å². The molecule has 1 saturated carbocycles. The number of nitrogens with one attached hydrogen (secondary N) is 1. The number of amides is 1. The van der Waals surface area contributed by atoms with Crippen molar-refractivity contribution in [1.82, 2.24) is 20.4 Å². The minimum absolute atomic E-state index is 0.0771. The molecule has 0 atom stereocenters. The van der Waals surface area contributed by atoms with Crippen LogP contribution >= 0.6 is 0 Å². The van der Waals surface area contributed by atoms with Crippen LogP contribution in [0.1, 0.15) is 25.7 Å². The predicted molar refractivity (Wildman–Crippen MR) is 116 cm³/mol. The number of carbonyl (C=O) groups excluding carboxylic acids is 1. The summed E-state index contributed by atoms with van der Waals surface area (Å²) in [5, 5.41) is 19.2. The average molecular weight is 452 g/mol. The summed E-state index contributed by atoms with van der Waals surface area (Å²) in [7, 11) is 0. The molecule has 170 valence electrons. The molecule has 10 heteroatoms. The third kappa shape index (κ3) is 4.46. The molecule has 0 bridgehead atoms. The van der Waals surface area contributed by atoms with Gasteiger partial charge in [0.1, 0.15) is 23.1 Å². The fraction of sp³-hybridized carbons (Fsp3) is 0.348. The van der Waals surface area contributed by atoms with Crippen LogP contribution in [0.3, 0.4) is 0 Å². The Morgan fingerprint density at radius 3 is 2.67 bits per heavy atom. The Morgan fingerprint density at radius 2 is 1.94 bits per heavy atom. The lowest BCUT2D eigenvalue weighted by Gasteiger charge is -2.35. The van der Waals surface area contributed by atoms with Gasteiger partial charge in [0.2, 0.25) is 0 Å². The van der Waals surface area contributed by atoms with E-state index in [9.17, 15) is 13.6 Å². The molecule has 0 unspecified atom stereocenters. The summed E-state index contributed by atoms with van der Waals surface area (Å²) in [4.78, 5) is 13.9. The lowest BCUT2D eigenvalue weighted by Crippen LogP contribution is -2.39. The van der Waals surface area contributed by atoms with Crippen molar-refractivity contribution < 1.29 is 18.3 Å². The van der Waals surface area contributed by atoms with Crippen molar-refractivity contribution in [2.75, 3.05) is 23.3 Å². The summed E-state index contributed by atoms with van der Waals surface area (Å²) in [6.45, 7) is 1.18. The molecule has 1 saturated heterocycles. The van der Waals surface area contributed by atoms with Gasteiger partial charge in [-0.1, -0.05) is 0 Å². The number of benzene rings is 1. The zero-order valence-electron chi connectivity index (χ0n) is 17.7. The van der Waals surface area contributed by atoms with Crippen LogP contribution in [-0.4, -0.2) is 45.2 Å². The number of hydrogen-bond donors (Lipinski definition) is 1. The van der Waals surface area contributed by atoms with E-state index in [0.29, 0.717) is 30.6 Å². The fourth-order valence-electron chi connectivity index (χ4n) is 4.42. The highest BCUT2D eigenvalue weighted by molar-refractivity contribution is 5.89. The van der Waals surface area contributed by atoms with Crippen LogP contribution in [0, 0.1) is 17.6 Å². The summed E-state index contributed by atoms with van der Waals surface area (Å²) >= 11 is 0. The maximum atomic E-state index is 13.9. The van der Waals surface area contributed by atoms with Gasteiger partial charge in [-0.3, -0.25) is 4.90 Å². The monoisotopic (exact) mass is 452 g/mol. The normalized spacial score (nSPS) is 22.4. The van der Waals surface area contributed by atoms with Gasteiger partial charge < -0.3 is 10.1 Å². The molecule has 0 radical (unpaired) electrons. The van der Waals surface area contributed by atoms with Gasteiger partial charge in [-0.25, -0.2) is 13.6 Å². The van der Waals surface area contributed by atoms with Crippen LogP contribution in [0.25, 0.3) is 11.3 Å². The van der Waals surface area contributed by atoms with E-state index in [1.54, 1.807) is 35.4 Å². The first-order valence-electron chi connectivity index (χ1n) is 10.8. The third-order valence-electron chi connectivity index (χ3n) is 6.26. The van der Waals surface area contributed by atoms with E-state index in [0.717, 1.165) is 43.9 Å². The minimum Gasteiger partial charge on any atom is -0.441 e. The third-order valence-corrected chi connectivity index (χ3v) is 6.26. The first-order chi connectivity index (χ1) is 16.0. The number of nitrogens with zero attached hydrogens (tertiary/aromatic N) is 5. The minimum atomic E-state index is -0.548. The number of hydrogen-bond acceptors (Lipinski definition) is 7. The Hall–Kier alpha value is -3.69. The highest BCUT2D eigenvalue weighted by Gasteiger charge is 2.48. The summed E-state index contributed by atoms with van der Waals surface area (Å²) < 4.78 is 33.1. The Labute approximate surface area is 189 Å². The first kappa shape index (κ1) is 21.2. The topological polar surface area (TPSA) is 93.1 Å². The lowest BCUT2D eigenvalue weighted by atomic mass is 9.78. The molecule has 2 fully saturated rings. The van der Waals surface area contributed by atoms with Crippen LogP contribution in [0.15, 0.2) is 48.7 Å². The molecule has 1 aliphatic heterocycles. The zero-order valence-corrected chi connectivity index (χ0v) is 17.7. The molecular weight excluding hydrogens is 430 g/mol. The van der Waals surface area contributed by atoms with Crippen LogP contribution in [0.2, 0.25) is 0 Å². The van der Waals surface area contributed by atoms with Crippen LogP contribution < -0.4 is 10.2 Å². The smallest absolute Gasteiger partial charge is 0.416 e. The van der Waals surface area contributed by atoms with Crippen LogP contribution in [0.4, 0.5) is 25.2 Å². The molecule has 1 amide bonds. The summed E-state index contributed by atoms with van der Waals surface area (Å²) in [5.41, 5.74) is -0.136. The van der Waals surface area contributed by atoms with Gasteiger partial charge in [0.25, 0.3) is 0 Å². The van der Waals surface area contributed by atoms with Crippen molar-refractivity contribution >= 4 is 17.7 Å². The number of anilines is 2. The second kappa shape index (κ2) is 8.68. The second-order valence-electron chi connectivity index (χ2n) is 8.47. The van der Waals surface area contributed by atoms with Crippen molar-refractivity contribution in [3.63, 3.8) is 0 Å². The maximum Gasteiger partial charge on any atom is 0.416 e. The highest BCUT2D eigenvalue weighted by Crippen LogP contribution is 2.40. The number of aromatic nitrogens is 4. The Kier molecular flexibility index (Phi) is 5.57. The molecule has 1 spiro atoms. The largest absolute Gasteiger partial charge is 0.441 e. The van der Waals surface area contributed by atoms with E-state index in [1.165, 1.54) is 0 Å². The number of halogens is 2. The standard InChI is InChI=1S/C23H22F2N6O2/c24-16-3-4-18(25)17(12-16)19-5-6-20(29-28-19)26-13-15-7-9-23(10-8-15)14-31(22(32)33-23)21-2-1-11-27-30-21/h1-6,11-12,15H,7-10,13-14H2,(H,26,29). The van der Waals surface area contributed by atoms with E-state index >= 15 is 0 Å². The first-order valence-corrected chi connectivity index (χ1v) is 10.8. The van der Waals surface area contributed by atoms with E-state index in [-0.39, 0.29) is 17.4 Å². The maximum absolute atomic E-state index is 13.9. The number of ether oxygens (including phenoxy) is 1. The van der Waals surface area contributed by atoms with E-state index in [1.807, 2.05) is 0 Å². The summed E-state index contributed by atoms with van der Waals surface area (Å²) in [6, 6.07) is 10.0. The van der Waals surface area contributed by atoms with Crippen molar-refractivity contribution in [2.24, 2.45) is 5.92 Å². The van der Waals surface area contributed by atoms with Gasteiger partial charge in [-0.05, 0) is 74.1 Å². The molecule has 5 rings (SSSR count). The number of carbonyl (C=O) groups is 1.